The van der Waals surface area contributed by atoms with Crippen molar-refractivity contribution in [3.8, 4) is 0 Å². The van der Waals surface area contributed by atoms with Crippen LogP contribution >= 0.6 is 0 Å². The average Bonchev–Trinajstić information content (AvgIpc) is 3.34. The zero-order valence-electron chi connectivity index (χ0n) is 43.3. The number of hydrogen-bond acceptors (Lipinski definition) is 15. The van der Waals surface area contributed by atoms with E-state index in [1.165, 1.54) is 161 Å². The van der Waals surface area contributed by atoms with E-state index in [4.69, 9.17) is 28.4 Å². The van der Waals surface area contributed by atoms with E-state index in [1.54, 1.807) is 0 Å². The van der Waals surface area contributed by atoms with Crippen molar-refractivity contribution in [1.29, 1.82) is 0 Å². The summed E-state index contributed by atoms with van der Waals surface area (Å²) in [5.74, 6) is -0.906. The van der Waals surface area contributed by atoms with Crippen LogP contribution in [-0.4, -0.2) is 142 Å². The van der Waals surface area contributed by atoms with Crippen molar-refractivity contribution >= 4 is 11.9 Å². The standard InChI is InChI=1S/C54H102O15/c1-3-5-7-9-11-13-15-17-19-20-21-22-23-25-27-29-31-33-35-37-46(57)67-42(39-64-45(56)36-34-32-30-28-26-24-18-16-14-12-10-8-6-4-2)40-65-53-52(63)50(61)48(59)44(69-53)41-66-54-51(62)49(60)47(58)43(38-55)68-54/h42-44,47-55,58-63H,3-41H2,1-2H3. The van der Waals surface area contributed by atoms with Gasteiger partial charge in [-0.25, -0.2) is 0 Å². The minimum atomic E-state index is -1.76. The third-order valence-electron chi connectivity index (χ3n) is 13.8. The summed E-state index contributed by atoms with van der Waals surface area (Å²) >= 11 is 0. The molecule has 0 bridgehead atoms. The number of carbonyl (C=O) groups excluding carboxylic acids is 2. The molecule has 2 aliphatic rings. The number of ether oxygens (including phenoxy) is 6. The van der Waals surface area contributed by atoms with Gasteiger partial charge in [-0.3, -0.25) is 9.59 Å². The largest absolute Gasteiger partial charge is 0.462 e. The summed E-state index contributed by atoms with van der Waals surface area (Å²) in [5, 5.41) is 72.2. The highest BCUT2D eigenvalue weighted by atomic mass is 16.7. The fourth-order valence-corrected chi connectivity index (χ4v) is 9.22. The molecule has 11 atom stereocenters. The molecule has 0 spiro atoms. The van der Waals surface area contributed by atoms with Crippen molar-refractivity contribution in [3.05, 3.63) is 0 Å². The smallest absolute Gasteiger partial charge is 0.306 e. The maximum atomic E-state index is 13.0. The van der Waals surface area contributed by atoms with Gasteiger partial charge in [0.25, 0.3) is 0 Å². The Morgan fingerprint density at radius 2 is 0.739 bits per heavy atom. The van der Waals surface area contributed by atoms with Crippen LogP contribution in [0.3, 0.4) is 0 Å². The molecule has 0 radical (unpaired) electrons. The number of carbonyl (C=O) groups is 2. The van der Waals surface area contributed by atoms with Gasteiger partial charge >= 0.3 is 11.9 Å². The predicted molar refractivity (Wildman–Crippen MR) is 266 cm³/mol. The van der Waals surface area contributed by atoms with Gasteiger partial charge in [-0.1, -0.05) is 213 Å². The van der Waals surface area contributed by atoms with Crippen LogP contribution in [0.4, 0.5) is 0 Å². The van der Waals surface area contributed by atoms with Crippen LogP contribution in [0.2, 0.25) is 0 Å². The van der Waals surface area contributed by atoms with E-state index in [-0.39, 0.29) is 26.1 Å². The van der Waals surface area contributed by atoms with Crippen LogP contribution in [0.1, 0.15) is 239 Å². The molecule has 15 heteroatoms. The molecule has 0 aromatic heterocycles. The average molecular weight is 991 g/mol. The third kappa shape index (κ3) is 29.7. The molecule has 2 rings (SSSR count). The van der Waals surface area contributed by atoms with Gasteiger partial charge in [0.15, 0.2) is 18.7 Å². The maximum Gasteiger partial charge on any atom is 0.306 e. The second-order valence-corrected chi connectivity index (χ2v) is 20.1. The highest BCUT2D eigenvalue weighted by Crippen LogP contribution is 2.27. The van der Waals surface area contributed by atoms with E-state index in [0.29, 0.717) is 12.8 Å². The van der Waals surface area contributed by atoms with Crippen molar-refractivity contribution in [2.45, 2.75) is 306 Å². The zero-order valence-corrected chi connectivity index (χ0v) is 43.3. The molecule has 2 saturated heterocycles. The first-order valence-corrected chi connectivity index (χ1v) is 28.1. The van der Waals surface area contributed by atoms with Crippen molar-refractivity contribution in [3.63, 3.8) is 0 Å². The molecule has 15 nitrogen and oxygen atoms in total. The fraction of sp³-hybridized carbons (Fsp3) is 0.963. The molecule has 0 aromatic carbocycles. The number of hydrogen-bond donors (Lipinski definition) is 7. The van der Waals surface area contributed by atoms with Crippen LogP contribution in [0.15, 0.2) is 0 Å². The lowest BCUT2D eigenvalue weighted by molar-refractivity contribution is -0.332. The first kappa shape index (κ1) is 63.6. The molecule has 11 unspecified atom stereocenters. The molecule has 0 amide bonds. The van der Waals surface area contributed by atoms with E-state index < -0.39 is 92.7 Å². The Morgan fingerprint density at radius 1 is 0.406 bits per heavy atom. The summed E-state index contributed by atoms with van der Waals surface area (Å²) in [7, 11) is 0. The van der Waals surface area contributed by atoms with Gasteiger partial charge in [0.2, 0.25) is 0 Å². The summed E-state index contributed by atoms with van der Waals surface area (Å²) < 4.78 is 33.7. The monoisotopic (exact) mass is 991 g/mol. The normalized spacial score (nSPS) is 25.5. The van der Waals surface area contributed by atoms with Gasteiger partial charge in [-0.2, -0.15) is 0 Å². The van der Waals surface area contributed by atoms with E-state index >= 15 is 0 Å². The molecule has 7 N–H and O–H groups in total. The second-order valence-electron chi connectivity index (χ2n) is 20.1. The van der Waals surface area contributed by atoms with Crippen molar-refractivity contribution < 1.29 is 73.8 Å². The SMILES string of the molecule is CCCCCCCCCCCCCCCCCCCCCC(=O)OC(COC(=O)CCCCCCCCCCCCCCCC)COC1OC(COC2OC(CO)C(O)C(O)C2O)C(O)C(O)C1O. The Hall–Kier alpha value is -1.50. The van der Waals surface area contributed by atoms with Gasteiger partial charge < -0.3 is 64.2 Å². The van der Waals surface area contributed by atoms with Gasteiger partial charge in [-0.05, 0) is 12.8 Å². The van der Waals surface area contributed by atoms with Crippen molar-refractivity contribution in [2.75, 3.05) is 26.4 Å². The fourth-order valence-electron chi connectivity index (χ4n) is 9.22. The summed E-state index contributed by atoms with van der Waals surface area (Å²) in [6, 6.07) is 0. The maximum absolute atomic E-state index is 13.0. The lowest BCUT2D eigenvalue weighted by atomic mass is 9.98. The quantitative estimate of drug-likeness (QED) is 0.0223. The Kier molecular flexibility index (Phi) is 38.6. The number of rotatable bonds is 45. The molecule has 2 fully saturated rings. The topological polar surface area (TPSA) is 231 Å². The molecule has 2 aliphatic heterocycles. The van der Waals surface area contributed by atoms with Crippen LogP contribution in [0.5, 0.6) is 0 Å². The molecule has 2 heterocycles. The summed E-state index contributed by atoms with van der Waals surface area (Å²) in [4.78, 5) is 25.8. The molecular weight excluding hydrogens is 889 g/mol. The predicted octanol–water partition coefficient (Wildman–Crippen LogP) is 8.78. The Bertz CT molecular complexity index is 1210. The Balaban J connectivity index is 1.76. The van der Waals surface area contributed by atoms with E-state index in [9.17, 15) is 45.3 Å². The first-order chi connectivity index (χ1) is 33.5. The number of esters is 2. The minimum Gasteiger partial charge on any atom is -0.462 e. The number of unbranched alkanes of at least 4 members (excludes halogenated alkanes) is 31. The summed E-state index contributed by atoms with van der Waals surface area (Å²) in [6.07, 6.45) is 24.1. The van der Waals surface area contributed by atoms with Crippen LogP contribution in [0.25, 0.3) is 0 Å². The highest BCUT2D eigenvalue weighted by molar-refractivity contribution is 5.70. The van der Waals surface area contributed by atoms with Crippen LogP contribution in [-0.2, 0) is 38.0 Å². The molecule has 69 heavy (non-hydrogen) atoms. The number of aliphatic hydroxyl groups is 7. The molecule has 408 valence electrons. The molecule has 0 aliphatic carbocycles. The number of aliphatic hydroxyl groups excluding tert-OH is 7. The van der Waals surface area contributed by atoms with Crippen molar-refractivity contribution in [1.82, 2.24) is 0 Å². The first-order valence-electron chi connectivity index (χ1n) is 28.1. The summed E-state index contributed by atoms with van der Waals surface area (Å²) in [5.41, 5.74) is 0. The van der Waals surface area contributed by atoms with Gasteiger partial charge in [0.1, 0.15) is 55.4 Å². The van der Waals surface area contributed by atoms with Gasteiger partial charge in [-0.15, -0.1) is 0 Å². The minimum absolute atomic E-state index is 0.174. The molecular formula is C54H102O15. The Labute approximate surface area is 417 Å². The van der Waals surface area contributed by atoms with E-state index in [1.807, 2.05) is 0 Å². The lowest BCUT2D eigenvalue weighted by Crippen LogP contribution is -2.61. The van der Waals surface area contributed by atoms with Crippen LogP contribution in [0, 0.1) is 0 Å². The van der Waals surface area contributed by atoms with Gasteiger partial charge in [0.05, 0.1) is 19.8 Å². The second kappa shape index (κ2) is 41.9. The third-order valence-corrected chi connectivity index (χ3v) is 13.8. The zero-order chi connectivity index (χ0) is 50.3. The van der Waals surface area contributed by atoms with E-state index in [2.05, 4.69) is 13.8 Å². The van der Waals surface area contributed by atoms with E-state index in [0.717, 1.165) is 38.5 Å². The molecule has 0 aromatic rings. The van der Waals surface area contributed by atoms with Gasteiger partial charge in [0, 0.05) is 12.8 Å². The molecule has 0 saturated carbocycles. The van der Waals surface area contributed by atoms with Crippen LogP contribution < -0.4 is 0 Å². The van der Waals surface area contributed by atoms with Crippen molar-refractivity contribution in [2.24, 2.45) is 0 Å². The lowest BCUT2D eigenvalue weighted by Gasteiger charge is -2.42. The summed E-state index contributed by atoms with van der Waals surface area (Å²) in [6.45, 7) is 2.64. The highest BCUT2D eigenvalue weighted by Gasteiger charge is 2.47. The Morgan fingerprint density at radius 3 is 1.13 bits per heavy atom.